The maximum atomic E-state index is 5.24. The van der Waals surface area contributed by atoms with E-state index in [0.29, 0.717) is 5.92 Å². The van der Waals surface area contributed by atoms with Crippen LogP contribution in [0.5, 0.6) is 5.75 Å². The van der Waals surface area contributed by atoms with Gasteiger partial charge >= 0.3 is 0 Å². The second-order valence-electron chi connectivity index (χ2n) is 5.48. The lowest BCUT2D eigenvalue weighted by Gasteiger charge is -2.22. The Morgan fingerprint density at radius 1 is 1.00 bits per heavy atom. The first-order valence-electron chi connectivity index (χ1n) is 7.14. The zero-order chi connectivity index (χ0) is 14.8. The Kier molecular flexibility index (Phi) is 3.60. The summed E-state index contributed by atoms with van der Waals surface area (Å²) in [4.78, 5) is 0. The van der Waals surface area contributed by atoms with Crippen molar-refractivity contribution in [2.75, 3.05) is 7.11 Å². The molecule has 0 amide bonds. The van der Waals surface area contributed by atoms with Gasteiger partial charge in [0.15, 0.2) is 0 Å². The largest absolute Gasteiger partial charge is 0.497 e. The molecule has 0 bridgehead atoms. The predicted molar refractivity (Wildman–Crippen MR) is 83.5 cm³/mol. The molecule has 0 aliphatic carbocycles. The summed E-state index contributed by atoms with van der Waals surface area (Å²) in [6, 6.07) is 16.4. The van der Waals surface area contributed by atoms with Crippen LogP contribution in [0.25, 0.3) is 11.0 Å². The molecule has 2 aromatic carbocycles. The number of rotatable bonds is 4. The summed E-state index contributed by atoms with van der Waals surface area (Å²) in [5.74, 6) is 1.27. The van der Waals surface area contributed by atoms with Gasteiger partial charge < -0.3 is 4.74 Å². The van der Waals surface area contributed by atoms with Crippen LogP contribution in [0.3, 0.4) is 0 Å². The van der Waals surface area contributed by atoms with Crippen molar-refractivity contribution in [1.82, 2.24) is 15.0 Å². The number of para-hydroxylation sites is 1. The summed E-state index contributed by atoms with van der Waals surface area (Å²) in [6.45, 7) is 4.40. The Labute approximate surface area is 124 Å². The molecule has 108 valence electrons. The van der Waals surface area contributed by atoms with Gasteiger partial charge in [0.05, 0.1) is 18.7 Å². The van der Waals surface area contributed by atoms with Crippen LogP contribution in [-0.2, 0) is 0 Å². The van der Waals surface area contributed by atoms with Crippen LogP contribution >= 0.6 is 0 Å². The molecule has 0 spiro atoms. The fourth-order valence-corrected chi connectivity index (χ4v) is 2.70. The first-order valence-corrected chi connectivity index (χ1v) is 7.14. The number of fused-ring (bicyclic) bond motifs is 1. The number of hydrogen-bond acceptors (Lipinski definition) is 3. The molecule has 3 rings (SSSR count). The van der Waals surface area contributed by atoms with Crippen molar-refractivity contribution in [3.63, 3.8) is 0 Å². The van der Waals surface area contributed by atoms with E-state index in [-0.39, 0.29) is 6.04 Å². The lowest BCUT2D eigenvalue weighted by Crippen LogP contribution is -2.18. The Balaban J connectivity index is 2.09. The molecule has 0 N–H and O–H groups in total. The lowest BCUT2D eigenvalue weighted by atomic mass is 9.96. The Hall–Kier alpha value is -2.36. The highest BCUT2D eigenvalue weighted by atomic mass is 16.5. The molecule has 1 atom stereocenters. The average molecular weight is 281 g/mol. The number of hydrogen-bond donors (Lipinski definition) is 0. The molecule has 0 aliphatic rings. The first kappa shape index (κ1) is 13.6. The van der Waals surface area contributed by atoms with Crippen LogP contribution in [-0.4, -0.2) is 22.1 Å². The van der Waals surface area contributed by atoms with Crippen LogP contribution in [0, 0.1) is 5.92 Å². The molecular formula is C17H19N3O. The summed E-state index contributed by atoms with van der Waals surface area (Å²) in [5, 5.41) is 8.64. The molecule has 1 unspecified atom stereocenters. The van der Waals surface area contributed by atoms with Gasteiger partial charge in [-0.15, -0.1) is 5.10 Å². The van der Waals surface area contributed by atoms with E-state index in [1.54, 1.807) is 7.11 Å². The highest BCUT2D eigenvalue weighted by Gasteiger charge is 2.21. The molecule has 0 aliphatic heterocycles. The minimum atomic E-state index is 0.156. The maximum absolute atomic E-state index is 5.24. The number of ether oxygens (including phenoxy) is 1. The van der Waals surface area contributed by atoms with Gasteiger partial charge in [0, 0.05) is 0 Å². The monoisotopic (exact) mass is 281 g/mol. The third-order valence-corrected chi connectivity index (χ3v) is 3.73. The molecule has 1 heterocycles. The van der Waals surface area contributed by atoms with Crippen LogP contribution in [0.1, 0.15) is 25.5 Å². The summed E-state index contributed by atoms with van der Waals surface area (Å²) in [7, 11) is 1.68. The van der Waals surface area contributed by atoms with Crippen molar-refractivity contribution in [1.29, 1.82) is 0 Å². The zero-order valence-electron chi connectivity index (χ0n) is 12.5. The standard InChI is InChI=1S/C17H19N3O/c1-12(2)17(13-8-10-14(21-3)11-9-13)20-16-7-5-4-6-15(16)18-19-20/h4-12,17H,1-3H3. The number of methoxy groups -OCH3 is 1. The summed E-state index contributed by atoms with van der Waals surface area (Å²) in [5.41, 5.74) is 3.20. The van der Waals surface area contributed by atoms with Gasteiger partial charge in [-0.3, -0.25) is 0 Å². The second-order valence-corrected chi connectivity index (χ2v) is 5.48. The predicted octanol–water partition coefficient (Wildman–Crippen LogP) is 3.69. The minimum Gasteiger partial charge on any atom is -0.497 e. The van der Waals surface area contributed by atoms with Gasteiger partial charge in [-0.05, 0) is 35.7 Å². The highest BCUT2D eigenvalue weighted by molar-refractivity contribution is 5.74. The third kappa shape index (κ3) is 2.49. The van der Waals surface area contributed by atoms with E-state index in [1.165, 1.54) is 5.56 Å². The smallest absolute Gasteiger partial charge is 0.118 e. The number of aromatic nitrogens is 3. The summed E-state index contributed by atoms with van der Waals surface area (Å²) >= 11 is 0. The molecule has 21 heavy (non-hydrogen) atoms. The highest BCUT2D eigenvalue weighted by Crippen LogP contribution is 2.29. The van der Waals surface area contributed by atoms with Gasteiger partial charge in [-0.25, -0.2) is 4.68 Å². The van der Waals surface area contributed by atoms with Gasteiger partial charge in [0.1, 0.15) is 11.3 Å². The van der Waals surface area contributed by atoms with E-state index < -0.39 is 0 Å². The molecule has 0 fully saturated rings. The molecule has 0 saturated carbocycles. The first-order chi connectivity index (χ1) is 10.2. The summed E-state index contributed by atoms with van der Waals surface area (Å²) < 4.78 is 7.25. The third-order valence-electron chi connectivity index (χ3n) is 3.73. The van der Waals surface area contributed by atoms with E-state index in [0.717, 1.165) is 16.8 Å². The van der Waals surface area contributed by atoms with Crippen LogP contribution < -0.4 is 4.74 Å². The van der Waals surface area contributed by atoms with Crippen molar-refractivity contribution in [3.05, 3.63) is 54.1 Å². The van der Waals surface area contributed by atoms with Gasteiger partial charge in [-0.1, -0.05) is 43.3 Å². The topological polar surface area (TPSA) is 39.9 Å². The molecule has 3 aromatic rings. The van der Waals surface area contributed by atoms with E-state index in [9.17, 15) is 0 Å². The quantitative estimate of drug-likeness (QED) is 0.732. The number of benzene rings is 2. The van der Waals surface area contributed by atoms with E-state index in [1.807, 2.05) is 35.0 Å². The molecule has 1 aromatic heterocycles. The number of nitrogens with zero attached hydrogens (tertiary/aromatic N) is 3. The van der Waals surface area contributed by atoms with Crippen molar-refractivity contribution < 1.29 is 4.74 Å². The fourth-order valence-electron chi connectivity index (χ4n) is 2.70. The summed E-state index contributed by atoms with van der Waals surface area (Å²) in [6.07, 6.45) is 0. The van der Waals surface area contributed by atoms with Crippen LogP contribution in [0.2, 0.25) is 0 Å². The van der Waals surface area contributed by atoms with Crippen molar-refractivity contribution >= 4 is 11.0 Å². The Morgan fingerprint density at radius 2 is 1.71 bits per heavy atom. The molecule has 0 radical (unpaired) electrons. The van der Waals surface area contributed by atoms with E-state index in [2.05, 4.69) is 42.4 Å². The Morgan fingerprint density at radius 3 is 2.38 bits per heavy atom. The van der Waals surface area contributed by atoms with Crippen molar-refractivity contribution in [2.45, 2.75) is 19.9 Å². The van der Waals surface area contributed by atoms with Gasteiger partial charge in [0.25, 0.3) is 0 Å². The average Bonchev–Trinajstić information content (AvgIpc) is 2.92. The van der Waals surface area contributed by atoms with E-state index in [4.69, 9.17) is 4.74 Å². The fraction of sp³-hybridized carbons (Fsp3) is 0.294. The zero-order valence-corrected chi connectivity index (χ0v) is 12.5. The molecular weight excluding hydrogens is 262 g/mol. The second kappa shape index (κ2) is 5.56. The van der Waals surface area contributed by atoms with Crippen LogP contribution in [0.4, 0.5) is 0 Å². The van der Waals surface area contributed by atoms with Gasteiger partial charge in [0.2, 0.25) is 0 Å². The van der Waals surface area contributed by atoms with Gasteiger partial charge in [-0.2, -0.15) is 0 Å². The minimum absolute atomic E-state index is 0.156. The molecule has 4 nitrogen and oxygen atoms in total. The SMILES string of the molecule is COc1ccc(C(C(C)C)n2nnc3ccccc32)cc1. The van der Waals surface area contributed by atoms with Crippen molar-refractivity contribution in [2.24, 2.45) is 5.92 Å². The Bertz CT molecular complexity index is 731. The molecule has 4 heteroatoms. The maximum Gasteiger partial charge on any atom is 0.118 e. The van der Waals surface area contributed by atoms with Crippen molar-refractivity contribution in [3.8, 4) is 5.75 Å². The lowest BCUT2D eigenvalue weighted by molar-refractivity contribution is 0.400. The van der Waals surface area contributed by atoms with E-state index >= 15 is 0 Å². The molecule has 0 saturated heterocycles. The van der Waals surface area contributed by atoms with Crippen LogP contribution in [0.15, 0.2) is 48.5 Å². The normalized spacial score (nSPS) is 12.8.